The van der Waals surface area contributed by atoms with Crippen molar-refractivity contribution in [2.24, 2.45) is 0 Å². The lowest BCUT2D eigenvalue weighted by atomic mass is 10.2. The van der Waals surface area contributed by atoms with Crippen molar-refractivity contribution in [1.29, 1.82) is 0 Å². The number of nitrogen functional groups attached to an aromatic ring is 1. The Hall–Kier alpha value is -0.770. The van der Waals surface area contributed by atoms with Gasteiger partial charge in [0.15, 0.2) is 0 Å². The van der Waals surface area contributed by atoms with Crippen LogP contribution in [0, 0.1) is 0 Å². The van der Waals surface area contributed by atoms with Crippen LogP contribution in [0.4, 0.5) is 5.82 Å². The van der Waals surface area contributed by atoms with Crippen LogP contribution in [0.5, 0.6) is 0 Å². The second-order valence-electron chi connectivity index (χ2n) is 5.02. The van der Waals surface area contributed by atoms with E-state index in [0.29, 0.717) is 0 Å². The highest BCUT2D eigenvalue weighted by Gasteiger charge is 2.19. The van der Waals surface area contributed by atoms with Crippen LogP contribution in [-0.2, 0) is 18.6 Å². The molecule has 0 radical (unpaired) electrons. The van der Waals surface area contributed by atoms with Crippen molar-refractivity contribution in [3.8, 4) is 0 Å². The average molecular weight is 249 g/mol. The number of thioether (sulfide) groups is 1. The van der Waals surface area contributed by atoms with Gasteiger partial charge in [-0.3, -0.25) is 0 Å². The van der Waals surface area contributed by atoms with Crippen molar-refractivity contribution in [1.82, 2.24) is 9.97 Å². The van der Waals surface area contributed by atoms with E-state index in [2.05, 4.69) is 9.97 Å². The molecule has 1 saturated carbocycles. The number of hydrogen-bond acceptors (Lipinski definition) is 4. The third-order valence-corrected chi connectivity index (χ3v) is 5.13. The van der Waals surface area contributed by atoms with Crippen LogP contribution in [0.25, 0.3) is 0 Å². The van der Waals surface area contributed by atoms with E-state index in [1.54, 1.807) is 0 Å². The van der Waals surface area contributed by atoms with Crippen molar-refractivity contribution in [3.05, 3.63) is 17.1 Å². The Bertz CT molecular complexity index is 413. The minimum Gasteiger partial charge on any atom is -0.383 e. The molecular formula is C13H19N3S. The maximum atomic E-state index is 6.00. The van der Waals surface area contributed by atoms with Crippen LogP contribution in [0.3, 0.4) is 0 Å². The van der Waals surface area contributed by atoms with Crippen LogP contribution in [0.2, 0.25) is 0 Å². The average Bonchev–Trinajstić information content (AvgIpc) is 2.97. The number of rotatable bonds is 3. The summed E-state index contributed by atoms with van der Waals surface area (Å²) >= 11 is 2.01. The minimum absolute atomic E-state index is 0.731. The van der Waals surface area contributed by atoms with Gasteiger partial charge in [0.1, 0.15) is 11.6 Å². The summed E-state index contributed by atoms with van der Waals surface area (Å²) in [5.74, 6) is 2.61. The number of nitrogens with two attached hydrogens (primary N) is 1. The van der Waals surface area contributed by atoms with Gasteiger partial charge in [0.05, 0.1) is 5.75 Å². The highest BCUT2D eigenvalue weighted by Crippen LogP contribution is 2.32. The summed E-state index contributed by atoms with van der Waals surface area (Å²) in [5, 5.41) is 0.827. The molecule has 0 amide bonds. The van der Waals surface area contributed by atoms with Crippen LogP contribution in [0.1, 0.15) is 49.2 Å². The lowest BCUT2D eigenvalue weighted by molar-refractivity contribution is 0.886. The molecule has 0 bridgehead atoms. The smallest absolute Gasteiger partial charge is 0.140 e. The standard InChI is InChI=1S/C13H19N3S/c14-13-10-6-3-7-11(10)15-12(16-13)8-17-9-4-1-2-5-9/h9H,1-8H2,(H2,14,15,16). The van der Waals surface area contributed by atoms with Crippen LogP contribution in [0.15, 0.2) is 0 Å². The van der Waals surface area contributed by atoms with Gasteiger partial charge in [-0.25, -0.2) is 9.97 Å². The number of anilines is 1. The maximum absolute atomic E-state index is 6.00. The summed E-state index contributed by atoms with van der Waals surface area (Å²) < 4.78 is 0. The molecular weight excluding hydrogens is 230 g/mol. The number of fused-ring (bicyclic) bond motifs is 1. The normalized spacial score (nSPS) is 19.8. The van der Waals surface area contributed by atoms with Crippen molar-refractivity contribution in [2.75, 3.05) is 5.73 Å². The van der Waals surface area contributed by atoms with E-state index in [1.807, 2.05) is 11.8 Å². The topological polar surface area (TPSA) is 51.8 Å². The Morgan fingerprint density at radius 1 is 1.12 bits per heavy atom. The first-order chi connectivity index (χ1) is 8.33. The Labute approximate surface area is 107 Å². The molecule has 0 aromatic carbocycles. The second kappa shape index (κ2) is 4.84. The fourth-order valence-corrected chi connectivity index (χ4v) is 4.01. The number of aromatic nitrogens is 2. The highest BCUT2D eigenvalue weighted by atomic mass is 32.2. The molecule has 2 aliphatic carbocycles. The summed E-state index contributed by atoms with van der Waals surface area (Å²) in [5.41, 5.74) is 8.41. The number of aryl methyl sites for hydroxylation is 1. The molecule has 92 valence electrons. The third kappa shape index (κ3) is 2.41. The van der Waals surface area contributed by atoms with E-state index in [0.717, 1.165) is 35.5 Å². The van der Waals surface area contributed by atoms with Gasteiger partial charge in [-0.05, 0) is 32.1 Å². The summed E-state index contributed by atoms with van der Waals surface area (Å²) in [4.78, 5) is 9.11. The van der Waals surface area contributed by atoms with Gasteiger partial charge in [0.2, 0.25) is 0 Å². The molecule has 4 heteroatoms. The fourth-order valence-electron chi connectivity index (χ4n) is 2.83. The molecule has 0 aliphatic heterocycles. The molecule has 0 unspecified atom stereocenters. The number of nitrogens with zero attached hydrogens (tertiary/aromatic N) is 2. The van der Waals surface area contributed by atoms with Gasteiger partial charge in [-0.2, -0.15) is 11.8 Å². The van der Waals surface area contributed by atoms with Crippen molar-refractivity contribution < 1.29 is 0 Å². The van der Waals surface area contributed by atoms with Gasteiger partial charge < -0.3 is 5.73 Å². The van der Waals surface area contributed by atoms with Gasteiger partial charge >= 0.3 is 0 Å². The van der Waals surface area contributed by atoms with E-state index in [-0.39, 0.29) is 0 Å². The molecule has 1 heterocycles. The lowest BCUT2D eigenvalue weighted by Crippen LogP contribution is -2.06. The molecule has 0 saturated heterocycles. The minimum atomic E-state index is 0.731. The highest BCUT2D eigenvalue weighted by molar-refractivity contribution is 7.99. The molecule has 1 aromatic rings. The first-order valence-corrected chi connectivity index (χ1v) is 7.63. The van der Waals surface area contributed by atoms with Gasteiger partial charge in [-0.1, -0.05) is 12.8 Å². The monoisotopic (exact) mass is 249 g/mol. The first-order valence-electron chi connectivity index (χ1n) is 6.58. The van der Waals surface area contributed by atoms with E-state index < -0.39 is 0 Å². The predicted octanol–water partition coefficient (Wildman–Crippen LogP) is 2.72. The van der Waals surface area contributed by atoms with E-state index in [1.165, 1.54) is 43.4 Å². The molecule has 2 aliphatic rings. The molecule has 3 rings (SSSR count). The van der Waals surface area contributed by atoms with Gasteiger partial charge in [-0.15, -0.1) is 0 Å². The lowest BCUT2D eigenvalue weighted by Gasteiger charge is -2.09. The summed E-state index contributed by atoms with van der Waals surface area (Å²) in [7, 11) is 0. The number of hydrogen-bond donors (Lipinski definition) is 1. The quantitative estimate of drug-likeness (QED) is 0.895. The summed E-state index contributed by atoms with van der Waals surface area (Å²) in [6, 6.07) is 0. The third-order valence-electron chi connectivity index (χ3n) is 3.76. The molecule has 0 atom stereocenters. The first kappa shape index (κ1) is 11.3. The Balaban J connectivity index is 1.68. The van der Waals surface area contributed by atoms with E-state index in [9.17, 15) is 0 Å². The van der Waals surface area contributed by atoms with Crippen LogP contribution in [-0.4, -0.2) is 15.2 Å². The Morgan fingerprint density at radius 3 is 2.76 bits per heavy atom. The summed E-state index contributed by atoms with van der Waals surface area (Å²) in [6.07, 6.45) is 8.86. The zero-order valence-corrected chi connectivity index (χ0v) is 10.9. The zero-order valence-electron chi connectivity index (χ0n) is 10.1. The predicted molar refractivity (Wildman–Crippen MR) is 72.0 cm³/mol. The molecule has 2 N–H and O–H groups in total. The van der Waals surface area contributed by atoms with Gasteiger partial charge in [0.25, 0.3) is 0 Å². The molecule has 1 aromatic heterocycles. The maximum Gasteiger partial charge on any atom is 0.140 e. The summed E-state index contributed by atoms with van der Waals surface area (Å²) in [6.45, 7) is 0. The molecule has 1 fully saturated rings. The molecule has 3 nitrogen and oxygen atoms in total. The molecule has 17 heavy (non-hydrogen) atoms. The van der Waals surface area contributed by atoms with E-state index in [4.69, 9.17) is 5.73 Å². The second-order valence-corrected chi connectivity index (χ2v) is 6.31. The van der Waals surface area contributed by atoms with Crippen molar-refractivity contribution in [3.63, 3.8) is 0 Å². The van der Waals surface area contributed by atoms with Crippen LogP contribution < -0.4 is 5.73 Å². The largest absolute Gasteiger partial charge is 0.383 e. The zero-order chi connectivity index (χ0) is 11.7. The Morgan fingerprint density at radius 2 is 1.94 bits per heavy atom. The fraction of sp³-hybridized carbons (Fsp3) is 0.692. The van der Waals surface area contributed by atoms with Gasteiger partial charge in [0, 0.05) is 16.5 Å². The van der Waals surface area contributed by atoms with Crippen LogP contribution >= 0.6 is 11.8 Å². The molecule has 0 spiro atoms. The van der Waals surface area contributed by atoms with Crippen molar-refractivity contribution >= 4 is 17.6 Å². The SMILES string of the molecule is Nc1nc(CSC2CCCC2)nc2c1CCC2. The Kier molecular flexibility index (Phi) is 3.23. The van der Waals surface area contributed by atoms with E-state index >= 15 is 0 Å². The van der Waals surface area contributed by atoms with Crippen molar-refractivity contribution in [2.45, 2.75) is 55.9 Å².